The summed E-state index contributed by atoms with van der Waals surface area (Å²) in [5.41, 5.74) is 8.55. The summed E-state index contributed by atoms with van der Waals surface area (Å²) in [7, 11) is 0. The second-order valence-corrected chi connectivity index (χ2v) is 6.27. The number of aromatic nitrogens is 5. The van der Waals surface area contributed by atoms with Gasteiger partial charge in [0.05, 0.1) is 28.5 Å². The van der Waals surface area contributed by atoms with Crippen molar-refractivity contribution in [3.8, 4) is 17.5 Å². The number of halogens is 1. The zero-order valence-electron chi connectivity index (χ0n) is 15.3. The minimum absolute atomic E-state index is 0.0854. The third-order valence-corrected chi connectivity index (χ3v) is 4.31. The molecule has 3 heterocycles. The predicted molar refractivity (Wildman–Crippen MR) is 106 cm³/mol. The van der Waals surface area contributed by atoms with Gasteiger partial charge in [0.25, 0.3) is 0 Å². The van der Waals surface area contributed by atoms with Crippen LogP contribution in [0.2, 0.25) is 0 Å². The molecule has 29 heavy (non-hydrogen) atoms. The topological polar surface area (TPSA) is 126 Å². The predicted octanol–water partition coefficient (Wildman–Crippen LogP) is 3.25. The maximum atomic E-state index is 13.7. The van der Waals surface area contributed by atoms with Gasteiger partial charge in [0.1, 0.15) is 41.1 Å². The Bertz CT molecular complexity index is 1240. The second-order valence-electron chi connectivity index (χ2n) is 6.27. The van der Waals surface area contributed by atoms with Crippen molar-refractivity contribution < 1.29 is 4.39 Å². The van der Waals surface area contributed by atoms with Crippen LogP contribution in [0, 0.1) is 17.1 Å². The van der Waals surface area contributed by atoms with Crippen molar-refractivity contribution in [2.24, 2.45) is 0 Å². The molecular formula is C20H15FN8. The summed E-state index contributed by atoms with van der Waals surface area (Å²) >= 11 is 0. The highest BCUT2D eigenvalue weighted by Crippen LogP contribution is 2.29. The van der Waals surface area contributed by atoms with Crippen LogP contribution in [0.15, 0.2) is 48.9 Å². The third kappa shape index (κ3) is 3.51. The van der Waals surface area contributed by atoms with Crippen molar-refractivity contribution in [3.63, 3.8) is 0 Å². The quantitative estimate of drug-likeness (QED) is 0.547. The fraction of sp³-hybridized carbons (Fsp3) is 0.100. The average Bonchev–Trinajstić information content (AvgIpc) is 2.73. The molecule has 8 nitrogen and oxygen atoms in total. The Morgan fingerprint density at radius 2 is 1.97 bits per heavy atom. The molecule has 0 fully saturated rings. The lowest BCUT2D eigenvalue weighted by atomic mass is 10.1. The molecule has 0 aliphatic carbocycles. The van der Waals surface area contributed by atoms with E-state index >= 15 is 0 Å². The van der Waals surface area contributed by atoms with Gasteiger partial charge in [-0.2, -0.15) is 5.26 Å². The van der Waals surface area contributed by atoms with Gasteiger partial charge in [0.2, 0.25) is 0 Å². The van der Waals surface area contributed by atoms with E-state index in [-0.39, 0.29) is 11.4 Å². The molecule has 0 aliphatic rings. The van der Waals surface area contributed by atoms with Crippen molar-refractivity contribution in [2.45, 2.75) is 13.0 Å². The van der Waals surface area contributed by atoms with E-state index in [1.165, 1.54) is 18.5 Å². The molecule has 0 amide bonds. The second kappa shape index (κ2) is 7.44. The molecule has 0 radical (unpaired) electrons. The molecule has 1 aromatic carbocycles. The van der Waals surface area contributed by atoms with Gasteiger partial charge in [-0.15, -0.1) is 0 Å². The van der Waals surface area contributed by atoms with Crippen molar-refractivity contribution >= 4 is 22.7 Å². The molecule has 9 heteroatoms. The molecule has 0 spiro atoms. The molecule has 3 N–H and O–H groups in total. The van der Waals surface area contributed by atoms with Gasteiger partial charge < -0.3 is 11.1 Å². The van der Waals surface area contributed by atoms with Crippen LogP contribution < -0.4 is 11.1 Å². The summed E-state index contributed by atoms with van der Waals surface area (Å²) in [6.07, 6.45) is 2.92. The molecule has 142 valence electrons. The molecule has 0 unspecified atom stereocenters. The fourth-order valence-electron chi connectivity index (χ4n) is 2.93. The van der Waals surface area contributed by atoms with Gasteiger partial charge >= 0.3 is 0 Å². The Kier molecular flexibility index (Phi) is 4.66. The number of hydrogen-bond acceptors (Lipinski definition) is 8. The first kappa shape index (κ1) is 18.2. The average molecular weight is 386 g/mol. The van der Waals surface area contributed by atoms with Gasteiger partial charge in [0.15, 0.2) is 0 Å². The molecule has 3 aromatic heterocycles. The molecule has 0 saturated heterocycles. The van der Waals surface area contributed by atoms with Crippen molar-refractivity contribution in [2.75, 3.05) is 11.1 Å². The molecule has 0 bridgehead atoms. The van der Waals surface area contributed by atoms with E-state index in [0.717, 1.165) is 0 Å². The van der Waals surface area contributed by atoms with E-state index in [2.05, 4.69) is 30.2 Å². The number of nitriles is 1. The number of nitrogens with one attached hydrogen (secondary N) is 1. The molecule has 0 aliphatic heterocycles. The summed E-state index contributed by atoms with van der Waals surface area (Å²) in [5.74, 6) is -0.0180. The van der Waals surface area contributed by atoms with Crippen LogP contribution >= 0.6 is 0 Å². The minimum Gasteiger partial charge on any atom is -0.382 e. The molecular weight excluding hydrogens is 371 g/mol. The zero-order chi connectivity index (χ0) is 20.4. The summed E-state index contributed by atoms with van der Waals surface area (Å²) < 4.78 is 13.7. The van der Waals surface area contributed by atoms with E-state index in [9.17, 15) is 9.65 Å². The largest absolute Gasteiger partial charge is 0.382 e. The van der Waals surface area contributed by atoms with Gasteiger partial charge in [-0.3, -0.25) is 4.98 Å². The molecule has 4 aromatic rings. The first-order valence-electron chi connectivity index (χ1n) is 8.72. The Labute approximate surface area is 165 Å². The number of fused-ring (bicyclic) bond motifs is 1. The Morgan fingerprint density at radius 1 is 1.10 bits per heavy atom. The first-order valence-corrected chi connectivity index (χ1v) is 8.72. The smallest absolute Gasteiger partial charge is 0.150 e. The Balaban J connectivity index is 1.85. The summed E-state index contributed by atoms with van der Waals surface area (Å²) in [5, 5.41) is 12.5. The highest BCUT2D eigenvalue weighted by Gasteiger charge is 2.20. The maximum Gasteiger partial charge on any atom is 0.150 e. The van der Waals surface area contributed by atoms with E-state index < -0.39 is 11.9 Å². The minimum atomic E-state index is -0.407. The number of nitrogens with two attached hydrogens (primary N) is 1. The first-order chi connectivity index (χ1) is 14.1. The van der Waals surface area contributed by atoms with Crippen molar-refractivity contribution in [1.82, 2.24) is 24.9 Å². The molecule has 0 saturated carbocycles. The molecule has 4 rings (SSSR count). The number of nitrogens with zero attached hydrogens (tertiary/aromatic N) is 6. The van der Waals surface area contributed by atoms with E-state index in [1.807, 2.05) is 19.1 Å². The normalized spacial score (nSPS) is 11.8. The van der Waals surface area contributed by atoms with Gasteiger partial charge in [-0.1, -0.05) is 6.07 Å². The van der Waals surface area contributed by atoms with Crippen LogP contribution in [0.1, 0.15) is 24.2 Å². The number of pyridine rings is 1. The number of rotatable bonds is 4. The van der Waals surface area contributed by atoms with Gasteiger partial charge in [0, 0.05) is 12.3 Å². The van der Waals surface area contributed by atoms with E-state index in [1.54, 1.807) is 24.4 Å². The van der Waals surface area contributed by atoms with Crippen LogP contribution in [0.3, 0.4) is 0 Å². The number of anilines is 2. The van der Waals surface area contributed by atoms with Crippen molar-refractivity contribution in [1.29, 1.82) is 5.26 Å². The van der Waals surface area contributed by atoms with Crippen LogP contribution in [0.25, 0.3) is 22.4 Å². The number of nitrogen functional groups attached to an aromatic ring is 1. The fourth-order valence-corrected chi connectivity index (χ4v) is 2.93. The molecule has 1 atom stereocenters. The van der Waals surface area contributed by atoms with E-state index in [4.69, 9.17) is 5.73 Å². The number of hydrogen-bond donors (Lipinski definition) is 2. The highest BCUT2D eigenvalue weighted by molar-refractivity contribution is 5.78. The summed E-state index contributed by atoms with van der Waals surface area (Å²) in [6.45, 7) is 1.85. The SMILES string of the molecule is C[C@H](Nc1ncnc(N)c1C#N)c1nc2ccc(F)cc2nc1-c1ccccn1. The van der Waals surface area contributed by atoms with Crippen LogP contribution in [-0.4, -0.2) is 24.9 Å². The zero-order valence-corrected chi connectivity index (χ0v) is 15.3. The highest BCUT2D eigenvalue weighted by atomic mass is 19.1. The van der Waals surface area contributed by atoms with Gasteiger partial charge in [-0.25, -0.2) is 24.3 Å². The standard InChI is InChI=1S/C20H15FN8/c1-11(27-20-13(9-22)19(23)25-10-26-20)17-18(15-4-2-3-7-24-15)29-16-8-12(21)5-6-14(16)28-17/h2-8,10-11H,1H3,(H3,23,25,26,27)/t11-/m0/s1. The maximum absolute atomic E-state index is 13.7. The van der Waals surface area contributed by atoms with Crippen LogP contribution in [-0.2, 0) is 0 Å². The number of benzene rings is 1. The summed E-state index contributed by atoms with van der Waals surface area (Å²) in [6, 6.07) is 11.3. The van der Waals surface area contributed by atoms with E-state index in [0.29, 0.717) is 33.9 Å². The van der Waals surface area contributed by atoms with Crippen molar-refractivity contribution in [3.05, 3.63) is 66.0 Å². The third-order valence-electron chi connectivity index (χ3n) is 4.31. The Morgan fingerprint density at radius 3 is 2.72 bits per heavy atom. The lowest BCUT2D eigenvalue weighted by Crippen LogP contribution is -2.14. The lowest BCUT2D eigenvalue weighted by Gasteiger charge is -2.18. The van der Waals surface area contributed by atoms with Crippen LogP contribution in [0.4, 0.5) is 16.0 Å². The van der Waals surface area contributed by atoms with Crippen LogP contribution in [0.5, 0.6) is 0 Å². The van der Waals surface area contributed by atoms with Gasteiger partial charge in [-0.05, 0) is 31.2 Å². The monoisotopic (exact) mass is 386 g/mol. The Hall–Kier alpha value is -4.19. The lowest BCUT2D eigenvalue weighted by molar-refractivity contribution is 0.629. The summed E-state index contributed by atoms with van der Waals surface area (Å²) in [4.78, 5) is 21.6.